The summed E-state index contributed by atoms with van der Waals surface area (Å²) in [6, 6.07) is 13.9. The van der Waals surface area contributed by atoms with Gasteiger partial charge in [0.25, 0.3) is 0 Å². The van der Waals surface area contributed by atoms with Gasteiger partial charge in [-0.1, -0.05) is 41.9 Å². The van der Waals surface area contributed by atoms with E-state index in [4.69, 9.17) is 11.6 Å². The number of aryl methyl sites for hydroxylation is 1. The largest absolute Gasteiger partial charge is 0.511 e. The molecule has 0 amide bonds. The molecule has 0 radical (unpaired) electrons. The van der Waals surface area contributed by atoms with E-state index in [9.17, 15) is 21.6 Å². The van der Waals surface area contributed by atoms with E-state index in [0.29, 0.717) is 40.0 Å². The Balaban J connectivity index is 1.76. The van der Waals surface area contributed by atoms with Crippen molar-refractivity contribution in [3.63, 3.8) is 0 Å². The number of nitrogens with one attached hydrogen (secondary N) is 1. The molecule has 3 aromatic rings. The number of nitrogens with zero attached hydrogens (tertiary/aromatic N) is 3. The van der Waals surface area contributed by atoms with Crippen LogP contribution in [0.25, 0.3) is 0 Å². The summed E-state index contributed by atoms with van der Waals surface area (Å²) < 4.78 is 65.9. The average molecular weight is 499 g/mol. The molecule has 2 aromatic carbocycles. The lowest BCUT2D eigenvalue weighted by Crippen LogP contribution is -2.47. The third kappa shape index (κ3) is 5.18. The van der Waals surface area contributed by atoms with E-state index in [1.807, 2.05) is 35.2 Å². The molecule has 11 heteroatoms. The SMILES string of the molecule is O=S(=O)(N1Cc2cc(Cl)ccc2N(Cc2cnc[nH]2)[C@H](CCc2ccccc2)C1)C(F)(F)F. The molecule has 0 unspecified atom stereocenters. The molecule has 1 N–H and O–H groups in total. The molecule has 0 fully saturated rings. The molecular weight excluding hydrogens is 477 g/mol. The predicted molar refractivity (Wildman–Crippen MR) is 120 cm³/mol. The number of rotatable bonds is 6. The van der Waals surface area contributed by atoms with Gasteiger partial charge in [-0.3, -0.25) is 0 Å². The number of benzene rings is 2. The van der Waals surface area contributed by atoms with E-state index in [2.05, 4.69) is 9.97 Å². The van der Waals surface area contributed by atoms with Crippen LogP contribution >= 0.6 is 11.6 Å². The third-order valence-corrected chi connectivity index (χ3v) is 7.47. The van der Waals surface area contributed by atoms with Crippen LogP contribution in [0.3, 0.4) is 0 Å². The van der Waals surface area contributed by atoms with Crippen LogP contribution in [-0.2, 0) is 29.5 Å². The first kappa shape index (κ1) is 23.6. The Bertz CT molecular complexity index is 1190. The molecule has 6 nitrogen and oxygen atoms in total. The molecular formula is C22H22ClF3N4O2S. The topological polar surface area (TPSA) is 69.3 Å². The van der Waals surface area contributed by atoms with Gasteiger partial charge in [-0.25, -0.2) is 13.4 Å². The average Bonchev–Trinajstić information content (AvgIpc) is 3.22. The Morgan fingerprint density at radius 3 is 2.58 bits per heavy atom. The molecule has 4 rings (SSSR count). The van der Waals surface area contributed by atoms with E-state index in [-0.39, 0.29) is 6.54 Å². The monoisotopic (exact) mass is 498 g/mol. The fourth-order valence-corrected chi connectivity index (χ4v) is 5.23. The molecule has 176 valence electrons. The molecule has 0 saturated heterocycles. The highest BCUT2D eigenvalue weighted by Crippen LogP contribution is 2.36. The van der Waals surface area contributed by atoms with Crippen molar-refractivity contribution in [2.24, 2.45) is 0 Å². The summed E-state index contributed by atoms with van der Waals surface area (Å²) in [5, 5.41) is 0.322. The molecule has 0 spiro atoms. The molecule has 33 heavy (non-hydrogen) atoms. The minimum Gasteiger partial charge on any atom is -0.361 e. The van der Waals surface area contributed by atoms with Gasteiger partial charge in [0.05, 0.1) is 18.6 Å². The second-order valence-electron chi connectivity index (χ2n) is 7.90. The van der Waals surface area contributed by atoms with E-state index >= 15 is 0 Å². The molecule has 2 heterocycles. The van der Waals surface area contributed by atoms with Crippen LogP contribution < -0.4 is 4.90 Å². The van der Waals surface area contributed by atoms with Gasteiger partial charge in [0.2, 0.25) is 0 Å². The third-order valence-electron chi connectivity index (χ3n) is 5.69. The minimum absolute atomic E-state index is 0.310. The van der Waals surface area contributed by atoms with Crippen molar-refractivity contribution < 1.29 is 21.6 Å². The zero-order chi connectivity index (χ0) is 23.6. The smallest absolute Gasteiger partial charge is 0.361 e. The van der Waals surface area contributed by atoms with E-state index in [1.165, 1.54) is 12.4 Å². The minimum atomic E-state index is -5.54. The summed E-state index contributed by atoms with van der Waals surface area (Å²) in [7, 11) is -5.54. The van der Waals surface area contributed by atoms with Crippen LogP contribution in [0, 0.1) is 0 Å². The van der Waals surface area contributed by atoms with E-state index in [0.717, 1.165) is 11.3 Å². The van der Waals surface area contributed by atoms with Crippen LogP contribution in [0.2, 0.25) is 5.02 Å². The Labute approximate surface area is 195 Å². The molecule has 0 aliphatic carbocycles. The number of halogens is 4. The van der Waals surface area contributed by atoms with Crippen LogP contribution in [0.1, 0.15) is 23.2 Å². The van der Waals surface area contributed by atoms with Gasteiger partial charge in [0.1, 0.15) is 0 Å². The number of aromatic amines is 1. The van der Waals surface area contributed by atoms with Gasteiger partial charge in [0.15, 0.2) is 0 Å². The summed E-state index contributed by atoms with van der Waals surface area (Å²) in [6.45, 7) is -0.401. The van der Waals surface area contributed by atoms with Gasteiger partial charge < -0.3 is 9.88 Å². The van der Waals surface area contributed by atoms with Crippen molar-refractivity contribution in [1.82, 2.24) is 14.3 Å². The van der Waals surface area contributed by atoms with Crippen molar-refractivity contribution >= 4 is 27.3 Å². The van der Waals surface area contributed by atoms with Gasteiger partial charge in [-0.15, -0.1) is 0 Å². The number of H-pyrrole nitrogens is 1. The Hall–Kier alpha value is -2.56. The van der Waals surface area contributed by atoms with Crippen LogP contribution in [0.15, 0.2) is 61.1 Å². The Morgan fingerprint density at radius 1 is 1.15 bits per heavy atom. The summed E-state index contributed by atoms with van der Waals surface area (Å²) in [5.41, 5.74) is -2.56. The fourth-order valence-electron chi connectivity index (χ4n) is 4.07. The zero-order valence-corrected chi connectivity index (χ0v) is 19.0. The maximum absolute atomic E-state index is 13.5. The summed E-state index contributed by atoms with van der Waals surface area (Å²) in [6.07, 6.45) is 4.19. The number of alkyl halides is 3. The molecule has 1 aliphatic heterocycles. The predicted octanol–water partition coefficient (Wildman–Crippen LogP) is 4.74. The van der Waals surface area contributed by atoms with Crippen molar-refractivity contribution in [2.75, 3.05) is 11.4 Å². The van der Waals surface area contributed by atoms with Crippen molar-refractivity contribution in [2.45, 2.75) is 37.5 Å². The first-order valence-electron chi connectivity index (χ1n) is 10.3. The second kappa shape index (κ2) is 9.36. The molecule has 0 saturated carbocycles. The lowest BCUT2D eigenvalue weighted by molar-refractivity contribution is -0.0492. The van der Waals surface area contributed by atoms with Gasteiger partial charge in [0, 0.05) is 36.0 Å². The number of hydrogen-bond donors (Lipinski definition) is 1. The number of sulfonamides is 1. The Kier molecular flexibility index (Phi) is 6.69. The fraction of sp³-hybridized carbons (Fsp3) is 0.318. The van der Waals surface area contributed by atoms with Gasteiger partial charge in [-0.05, 0) is 42.2 Å². The normalized spacial score (nSPS) is 17.6. The van der Waals surface area contributed by atoms with Crippen molar-refractivity contribution in [1.29, 1.82) is 0 Å². The quantitative estimate of drug-likeness (QED) is 0.533. The lowest BCUT2D eigenvalue weighted by atomic mass is 10.0. The second-order valence-corrected chi connectivity index (χ2v) is 10.3. The Morgan fingerprint density at radius 2 is 1.91 bits per heavy atom. The zero-order valence-electron chi connectivity index (χ0n) is 17.5. The van der Waals surface area contributed by atoms with Crippen molar-refractivity contribution in [3.8, 4) is 0 Å². The highest BCUT2D eigenvalue weighted by molar-refractivity contribution is 7.89. The molecule has 1 aliphatic rings. The standard InChI is InChI=1S/C22H22ClF3N4O2S/c23-18-7-9-21-17(10-18)12-29(33(31,32)22(24,25)26)14-20(8-6-16-4-2-1-3-5-16)30(21)13-19-11-27-15-28-19/h1-5,7,9-11,15,20H,6,8,12-14H2,(H,27,28)/t20-/m1/s1. The maximum atomic E-state index is 13.5. The van der Waals surface area contributed by atoms with Crippen LogP contribution in [0.5, 0.6) is 0 Å². The lowest BCUT2D eigenvalue weighted by Gasteiger charge is -2.34. The first-order valence-corrected chi connectivity index (χ1v) is 12.1. The summed E-state index contributed by atoms with van der Waals surface area (Å²) >= 11 is 6.12. The van der Waals surface area contributed by atoms with Crippen molar-refractivity contribution in [3.05, 3.63) is 82.9 Å². The number of aromatic nitrogens is 2. The molecule has 0 bridgehead atoms. The molecule has 1 aromatic heterocycles. The number of fused-ring (bicyclic) bond motifs is 1. The molecule has 1 atom stereocenters. The van der Waals surface area contributed by atoms with Crippen LogP contribution in [-0.4, -0.2) is 40.8 Å². The number of imidazole rings is 1. The maximum Gasteiger partial charge on any atom is 0.511 e. The summed E-state index contributed by atoms with van der Waals surface area (Å²) in [5.74, 6) is 0. The summed E-state index contributed by atoms with van der Waals surface area (Å²) in [4.78, 5) is 8.98. The van der Waals surface area contributed by atoms with E-state index < -0.39 is 28.1 Å². The number of hydrogen-bond acceptors (Lipinski definition) is 4. The highest BCUT2D eigenvalue weighted by Gasteiger charge is 2.51. The van der Waals surface area contributed by atoms with Crippen LogP contribution in [0.4, 0.5) is 18.9 Å². The van der Waals surface area contributed by atoms with E-state index in [1.54, 1.807) is 18.3 Å². The number of anilines is 1. The van der Waals surface area contributed by atoms with Gasteiger partial charge >= 0.3 is 15.5 Å². The first-order chi connectivity index (χ1) is 15.6. The highest BCUT2D eigenvalue weighted by atomic mass is 35.5. The van der Waals surface area contributed by atoms with Gasteiger partial charge in [-0.2, -0.15) is 17.5 Å².